The predicted molar refractivity (Wildman–Crippen MR) is 129 cm³/mol. The van der Waals surface area contributed by atoms with Crippen molar-refractivity contribution in [3.8, 4) is 17.1 Å². The fraction of sp³-hybridized carbons (Fsp3) is 0.200. The standard InChI is InChI=1S/C25H19FN4O4S/c1-33-13-4-5-15(17(8-13)12-2-3-12)23-29-24-19(25(32)30(23)10-14-9-28-11-34-14)16-6-7-18(26)20(22(27)31)21(16)35-24/h4-9,11-12H,2-3,10H2,1H3,(H2,27,31). The number of oxazole rings is 1. The van der Waals surface area contributed by atoms with Crippen molar-refractivity contribution in [1.29, 1.82) is 0 Å². The highest BCUT2D eigenvalue weighted by atomic mass is 32.1. The molecule has 0 spiro atoms. The number of halogens is 1. The van der Waals surface area contributed by atoms with Crippen LogP contribution in [0.5, 0.6) is 5.75 Å². The van der Waals surface area contributed by atoms with Crippen molar-refractivity contribution in [1.82, 2.24) is 14.5 Å². The van der Waals surface area contributed by atoms with Gasteiger partial charge in [0.1, 0.15) is 28.0 Å². The number of carbonyl (C=O) groups excluding carboxylic acids is 1. The number of hydrogen-bond donors (Lipinski definition) is 1. The topological polar surface area (TPSA) is 113 Å². The Hall–Kier alpha value is -4.05. The monoisotopic (exact) mass is 490 g/mol. The van der Waals surface area contributed by atoms with Gasteiger partial charge in [-0.2, -0.15) is 0 Å². The third-order valence-corrected chi connectivity index (χ3v) is 7.39. The summed E-state index contributed by atoms with van der Waals surface area (Å²) >= 11 is 1.08. The molecule has 1 fully saturated rings. The molecule has 3 heterocycles. The summed E-state index contributed by atoms with van der Waals surface area (Å²) in [6.45, 7) is 0.106. The van der Waals surface area contributed by atoms with E-state index in [1.165, 1.54) is 17.0 Å². The number of ether oxygens (including phenoxy) is 1. The number of benzene rings is 2. The van der Waals surface area contributed by atoms with E-state index < -0.39 is 11.7 Å². The first-order chi connectivity index (χ1) is 17.0. The average molecular weight is 491 g/mol. The summed E-state index contributed by atoms with van der Waals surface area (Å²) < 4.78 is 27.2. The highest BCUT2D eigenvalue weighted by Gasteiger charge is 2.29. The van der Waals surface area contributed by atoms with E-state index in [1.807, 2.05) is 18.2 Å². The lowest BCUT2D eigenvalue weighted by molar-refractivity contribution is 0.0998. The van der Waals surface area contributed by atoms with Crippen LogP contribution in [0.4, 0.5) is 4.39 Å². The first-order valence-electron chi connectivity index (χ1n) is 11.0. The van der Waals surface area contributed by atoms with E-state index in [1.54, 1.807) is 13.3 Å². The Labute approximate surface area is 201 Å². The fourth-order valence-electron chi connectivity index (χ4n) is 4.46. The van der Waals surface area contributed by atoms with Crippen LogP contribution < -0.4 is 16.0 Å². The van der Waals surface area contributed by atoms with Crippen molar-refractivity contribution in [2.45, 2.75) is 25.3 Å². The smallest absolute Gasteiger partial charge is 0.263 e. The van der Waals surface area contributed by atoms with Crippen LogP contribution in [0, 0.1) is 5.82 Å². The average Bonchev–Trinajstić information content (AvgIpc) is 3.43. The van der Waals surface area contributed by atoms with Gasteiger partial charge in [-0.25, -0.2) is 14.4 Å². The van der Waals surface area contributed by atoms with Gasteiger partial charge in [-0.15, -0.1) is 11.3 Å². The molecule has 35 heavy (non-hydrogen) atoms. The Bertz CT molecular complexity index is 1690. The van der Waals surface area contributed by atoms with Crippen molar-refractivity contribution in [2.24, 2.45) is 5.73 Å². The number of carbonyl (C=O) groups is 1. The van der Waals surface area contributed by atoms with Gasteiger partial charge in [-0.3, -0.25) is 14.2 Å². The van der Waals surface area contributed by atoms with E-state index in [-0.39, 0.29) is 17.7 Å². The number of aromatic nitrogens is 3. The number of nitrogens with two attached hydrogens (primary N) is 1. The molecule has 2 N–H and O–H groups in total. The van der Waals surface area contributed by atoms with Gasteiger partial charge in [-0.05, 0) is 54.7 Å². The molecule has 6 rings (SSSR count). The molecule has 0 saturated heterocycles. The van der Waals surface area contributed by atoms with Gasteiger partial charge < -0.3 is 14.9 Å². The Morgan fingerprint density at radius 1 is 1.31 bits per heavy atom. The molecule has 1 saturated carbocycles. The summed E-state index contributed by atoms with van der Waals surface area (Å²) in [6, 6.07) is 8.35. The maximum Gasteiger partial charge on any atom is 0.263 e. The molecular weight excluding hydrogens is 471 g/mol. The van der Waals surface area contributed by atoms with Crippen LogP contribution in [0.3, 0.4) is 0 Å². The number of methoxy groups -OCH3 is 1. The zero-order chi connectivity index (χ0) is 24.3. The van der Waals surface area contributed by atoms with Gasteiger partial charge in [0.15, 0.2) is 6.39 Å². The third kappa shape index (κ3) is 3.48. The molecule has 10 heteroatoms. The molecule has 1 aliphatic carbocycles. The van der Waals surface area contributed by atoms with Crippen molar-refractivity contribution in [3.63, 3.8) is 0 Å². The fourth-order valence-corrected chi connectivity index (χ4v) is 5.66. The van der Waals surface area contributed by atoms with Gasteiger partial charge in [0.2, 0.25) is 0 Å². The summed E-state index contributed by atoms with van der Waals surface area (Å²) in [5, 5.41) is 0.741. The minimum atomic E-state index is -0.895. The number of primary amides is 1. The number of nitrogens with zero attached hydrogens (tertiary/aromatic N) is 3. The lowest BCUT2D eigenvalue weighted by atomic mass is 10.0. The van der Waals surface area contributed by atoms with Crippen molar-refractivity contribution < 1.29 is 18.3 Å². The van der Waals surface area contributed by atoms with Crippen LogP contribution in [-0.2, 0) is 6.54 Å². The minimum absolute atomic E-state index is 0.106. The minimum Gasteiger partial charge on any atom is -0.497 e. The van der Waals surface area contributed by atoms with E-state index >= 15 is 0 Å². The van der Waals surface area contributed by atoms with Gasteiger partial charge >= 0.3 is 0 Å². The zero-order valence-corrected chi connectivity index (χ0v) is 19.4. The second kappa shape index (κ2) is 8.02. The molecule has 0 aliphatic heterocycles. The summed E-state index contributed by atoms with van der Waals surface area (Å²) in [4.78, 5) is 35.2. The van der Waals surface area contributed by atoms with Crippen LogP contribution in [-0.4, -0.2) is 27.6 Å². The SMILES string of the molecule is COc1ccc(-c2nc3sc4c(C(N)=O)c(F)ccc4c3c(=O)n2Cc2cnco2)c(C2CC2)c1. The van der Waals surface area contributed by atoms with Crippen LogP contribution in [0.25, 0.3) is 31.7 Å². The third-order valence-electron chi connectivity index (χ3n) is 6.27. The molecule has 0 bridgehead atoms. The lowest BCUT2D eigenvalue weighted by Gasteiger charge is -2.15. The quantitative estimate of drug-likeness (QED) is 0.377. The van der Waals surface area contributed by atoms with Gasteiger partial charge in [0, 0.05) is 10.9 Å². The summed E-state index contributed by atoms with van der Waals surface area (Å²) in [5.41, 5.74) is 6.75. The van der Waals surface area contributed by atoms with Crippen molar-refractivity contribution in [3.05, 3.63) is 76.0 Å². The highest BCUT2D eigenvalue weighted by molar-refractivity contribution is 7.25. The molecule has 0 unspecified atom stereocenters. The number of fused-ring (bicyclic) bond motifs is 3. The second-order valence-corrected chi connectivity index (χ2v) is 9.47. The Balaban J connectivity index is 1.69. The van der Waals surface area contributed by atoms with E-state index in [0.29, 0.717) is 37.8 Å². The molecule has 1 aliphatic rings. The zero-order valence-electron chi connectivity index (χ0n) is 18.6. The van der Waals surface area contributed by atoms with E-state index in [0.717, 1.165) is 47.1 Å². The number of amides is 1. The van der Waals surface area contributed by atoms with Gasteiger partial charge in [0.25, 0.3) is 11.5 Å². The van der Waals surface area contributed by atoms with Crippen LogP contribution in [0.2, 0.25) is 0 Å². The lowest BCUT2D eigenvalue weighted by Crippen LogP contribution is -2.24. The van der Waals surface area contributed by atoms with Crippen molar-refractivity contribution in [2.75, 3.05) is 7.11 Å². The second-order valence-electron chi connectivity index (χ2n) is 8.47. The summed E-state index contributed by atoms with van der Waals surface area (Å²) in [7, 11) is 1.61. The number of rotatable bonds is 6. The number of hydrogen-bond acceptors (Lipinski definition) is 7. The molecule has 0 atom stereocenters. The molecule has 3 aromatic heterocycles. The van der Waals surface area contributed by atoms with E-state index in [4.69, 9.17) is 19.9 Å². The molecular formula is C25H19FN4O4S. The largest absolute Gasteiger partial charge is 0.497 e. The molecule has 176 valence electrons. The normalized spacial score (nSPS) is 13.5. The Kier molecular flexibility index (Phi) is 4.92. The van der Waals surface area contributed by atoms with Gasteiger partial charge in [-0.1, -0.05) is 0 Å². The van der Waals surface area contributed by atoms with Gasteiger partial charge in [0.05, 0.1) is 35.5 Å². The van der Waals surface area contributed by atoms with Crippen LogP contribution in [0.15, 0.2) is 52.1 Å². The molecule has 2 aromatic carbocycles. The molecule has 0 radical (unpaired) electrons. The highest BCUT2D eigenvalue weighted by Crippen LogP contribution is 2.46. The summed E-state index contributed by atoms with van der Waals surface area (Å²) in [5.74, 6) is 0.391. The van der Waals surface area contributed by atoms with Crippen LogP contribution >= 0.6 is 11.3 Å². The summed E-state index contributed by atoms with van der Waals surface area (Å²) in [6.07, 6.45) is 4.93. The Morgan fingerprint density at radius 3 is 2.83 bits per heavy atom. The first-order valence-corrected chi connectivity index (χ1v) is 11.8. The first kappa shape index (κ1) is 21.5. The Morgan fingerprint density at radius 2 is 2.14 bits per heavy atom. The predicted octanol–water partition coefficient (Wildman–Crippen LogP) is 4.44. The maximum atomic E-state index is 14.5. The maximum absolute atomic E-state index is 14.5. The van der Waals surface area contributed by atoms with E-state index in [9.17, 15) is 14.0 Å². The molecule has 1 amide bonds. The molecule has 5 aromatic rings. The molecule has 8 nitrogen and oxygen atoms in total. The van der Waals surface area contributed by atoms with E-state index in [2.05, 4.69) is 4.98 Å². The van der Waals surface area contributed by atoms with Crippen LogP contribution in [0.1, 0.15) is 40.4 Å². The van der Waals surface area contributed by atoms with Crippen molar-refractivity contribution >= 4 is 37.5 Å². The number of thiophene rings is 1.